The van der Waals surface area contributed by atoms with Gasteiger partial charge >= 0.3 is 6.09 Å². The van der Waals surface area contributed by atoms with Crippen LogP contribution in [0.25, 0.3) is 10.8 Å². The van der Waals surface area contributed by atoms with Gasteiger partial charge in [0.25, 0.3) is 5.56 Å². The summed E-state index contributed by atoms with van der Waals surface area (Å²) in [5.74, 6) is 0.559. The fourth-order valence-corrected chi connectivity index (χ4v) is 4.20. The number of aromatic nitrogens is 1. The molecule has 1 saturated heterocycles. The molecule has 0 aliphatic carbocycles. The van der Waals surface area contributed by atoms with Crippen molar-refractivity contribution in [3.8, 4) is 5.75 Å². The van der Waals surface area contributed by atoms with Crippen LogP contribution < -0.4 is 10.3 Å². The number of halogens is 1. The minimum absolute atomic E-state index is 0.0927. The van der Waals surface area contributed by atoms with Crippen LogP contribution in [-0.2, 0) is 17.4 Å². The van der Waals surface area contributed by atoms with Crippen LogP contribution in [-0.4, -0.2) is 34.3 Å². The molecule has 2 heterocycles. The number of nitrogens with zero attached hydrogens (tertiary/aromatic N) is 2. The van der Waals surface area contributed by atoms with Gasteiger partial charge in [-0.2, -0.15) is 0 Å². The Morgan fingerprint density at radius 1 is 1.12 bits per heavy atom. The summed E-state index contributed by atoms with van der Waals surface area (Å²) >= 11 is 6.40. The predicted octanol–water partition coefficient (Wildman–Crippen LogP) is 5.03. The molecule has 0 bridgehead atoms. The Bertz CT molecular complexity index is 1250. The van der Waals surface area contributed by atoms with Crippen molar-refractivity contribution in [1.82, 2.24) is 9.47 Å². The molecule has 32 heavy (non-hydrogen) atoms. The van der Waals surface area contributed by atoms with Gasteiger partial charge in [-0.15, -0.1) is 0 Å². The van der Waals surface area contributed by atoms with E-state index in [0.717, 1.165) is 16.5 Å². The van der Waals surface area contributed by atoms with Crippen molar-refractivity contribution in [2.45, 2.75) is 38.9 Å². The highest BCUT2D eigenvalue weighted by atomic mass is 35.5. The number of carbonyl (C=O) groups is 1. The van der Waals surface area contributed by atoms with Gasteiger partial charge in [-0.3, -0.25) is 9.69 Å². The van der Waals surface area contributed by atoms with Gasteiger partial charge in [-0.25, -0.2) is 4.79 Å². The van der Waals surface area contributed by atoms with Crippen molar-refractivity contribution in [3.63, 3.8) is 0 Å². The quantitative estimate of drug-likeness (QED) is 0.557. The Morgan fingerprint density at radius 3 is 2.53 bits per heavy atom. The lowest BCUT2D eigenvalue weighted by atomic mass is 9.83. The highest BCUT2D eigenvalue weighted by molar-refractivity contribution is 6.31. The van der Waals surface area contributed by atoms with Gasteiger partial charge < -0.3 is 14.0 Å². The number of carbonyl (C=O) groups excluding carboxylic acids is 1. The maximum atomic E-state index is 12.6. The molecule has 7 heteroatoms. The second kappa shape index (κ2) is 7.85. The number of rotatable bonds is 3. The Labute approximate surface area is 192 Å². The molecule has 1 fully saturated rings. The van der Waals surface area contributed by atoms with E-state index in [-0.39, 0.29) is 11.7 Å². The lowest BCUT2D eigenvalue weighted by Crippen LogP contribution is -2.65. The summed E-state index contributed by atoms with van der Waals surface area (Å²) in [6, 6.07) is 13.0. The molecule has 2 aromatic carbocycles. The number of benzene rings is 2. The average Bonchev–Trinajstić information content (AvgIpc) is 2.68. The van der Waals surface area contributed by atoms with Crippen molar-refractivity contribution in [1.29, 1.82) is 0 Å². The normalized spacial score (nSPS) is 15.4. The first-order valence-corrected chi connectivity index (χ1v) is 10.9. The molecule has 1 aliphatic rings. The molecule has 0 radical (unpaired) electrons. The highest BCUT2D eigenvalue weighted by Crippen LogP contribution is 2.41. The predicted molar refractivity (Wildman–Crippen MR) is 125 cm³/mol. The molecule has 1 aromatic heterocycles. The lowest BCUT2D eigenvalue weighted by molar-refractivity contribution is -0.0865. The molecule has 3 aromatic rings. The first-order chi connectivity index (χ1) is 15.0. The summed E-state index contributed by atoms with van der Waals surface area (Å²) in [6.07, 6.45) is 1.36. The minimum atomic E-state index is -0.792. The van der Waals surface area contributed by atoms with Crippen molar-refractivity contribution >= 4 is 28.5 Å². The highest BCUT2D eigenvalue weighted by Gasteiger charge is 2.51. The molecule has 0 unspecified atom stereocenters. The number of fused-ring (bicyclic) bond motifs is 1. The van der Waals surface area contributed by atoms with Crippen LogP contribution in [0.5, 0.6) is 5.75 Å². The second-order valence-electron chi connectivity index (χ2n) is 9.33. The van der Waals surface area contributed by atoms with Crippen LogP contribution in [0.3, 0.4) is 0 Å². The van der Waals surface area contributed by atoms with E-state index in [1.165, 1.54) is 4.57 Å². The fraction of sp³-hybridized carbons (Fsp3) is 0.360. The molecule has 1 amide bonds. The number of likely N-dealkylation sites (tertiary alicyclic amines) is 1. The maximum absolute atomic E-state index is 12.6. The van der Waals surface area contributed by atoms with Crippen LogP contribution in [0.2, 0.25) is 5.02 Å². The summed E-state index contributed by atoms with van der Waals surface area (Å²) in [6.45, 7) is 8.08. The van der Waals surface area contributed by atoms with Crippen LogP contribution in [0, 0.1) is 6.92 Å². The first-order valence-electron chi connectivity index (χ1n) is 10.5. The van der Waals surface area contributed by atoms with Gasteiger partial charge in [0, 0.05) is 23.8 Å². The molecule has 0 atom stereocenters. The van der Waals surface area contributed by atoms with Crippen molar-refractivity contribution in [2.24, 2.45) is 7.05 Å². The van der Waals surface area contributed by atoms with Gasteiger partial charge in [0.1, 0.15) is 11.4 Å². The number of hydrogen-bond donors (Lipinski definition) is 0. The summed E-state index contributed by atoms with van der Waals surface area (Å²) in [5, 5.41) is 2.06. The Hall–Kier alpha value is -2.99. The van der Waals surface area contributed by atoms with Crippen molar-refractivity contribution < 1.29 is 14.3 Å². The van der Waals surface area contributed by atoms with Gasteiger partial charge in [0.05, 0.1) is 18.5 Å². The second-order valence-corrected chi connectivity index (χ2v) is 9.73. The van der Waals surface area contributed by atoms with Crippen molar-refractivity contribution in [2.75, 3.05) is 13.1 Å². The molecular weight excluding hydrogens is 428 g/mol. The number of aryl methyl sites for hydroxylation is 1. The maximum Gasteiger partial charge on any atom is 0.410 e. The van der Waals surface area contributed by atoms with E-state index in [0.29, 0.717) is 29.2 Å². The minimum Gasteiger partial charge on any atom is -0.479 e. The Morgan fingerprint density at radius 2 is 1.84 bits per heavy atom. The summed E-state index contributed by atoms with van der Waals surface area (Å²) in [7, 11) is 1.72. The third-order valence-corrected chi connectivity index (χ3v) is 6.08. The van der Waals surface area contributed by atoms with Crippen LogP contribution >= 0.6 is 11.6 Å². The van der Waals surface area contributed by atoms with E-state index in [1.54, 1.807) is 24.2 Å². The topological polar surface area (TPSA) is 60.8 Å². The molecule has 0 spiro atoms. The molecule has 168 valence electrons. The lowest BCUT2D eigenvalue weighted by Gasteiger charge is -2.50. The number of amides is 1. The SMILES string of the molecule is Cc1c(Cl)cccc1C1(Oc2ccc3ccn(C)c(=O)c3c2)CN(C(=O)OC(C)(C)C)C1. The zero-order valence-corrected chi connectivity index (χ0v) is 19.7. The number of ether oxygens (including phenoxy) is 2. The number of hydrogen-bond acceptors (Lipinski definition) is 4. The zero-order valence-electron chi connectivity index (χ0n) is 18.9. The van der Waals surface area contributed by atoms with Gasteiger partial charge in [-0.1, -0.05) is 29.8 Å². The van der Waals surface area contributed by atoms with Crippen LogP contribution in [0.1, 0.15) is 31.9 Å². The van der Waals surface area contributed by atoms with Gasteiger partial charge in [0.15, 0.2) is 5.60 Å². The van der Waals surface area contributed by atoms with E-state index >= 15 is 0 Å². The van der Waals surface area contributed by atoms with Crippen molar-refractivity contribution in [3.05, 3.63) is 75.2 Å². The largest absolute Gasteiger partial charge is 0.479 e. The fourth-order valence-electron chi connectivity index (χ4n) is 4.02. The van der Waals surface area contributed by atoms with Gasteiger partial charge in [-0.05, 0) is 62.9 Å². The molecular formula is C25H27ClN2O4. The zero-order chi connectivity index (χ0) is 23.3. The monoisotopic (exact) mass is 454 g/mol. The molecule has 0 N–H and O–H groups in total. The van der Waals surface area contributed by atoms with E-state index in [9.17, 15) is 9.59 Å². The summed E-state index contributed by atoms with van der Waals surface area (Å²) in [4.78, 5) is 26.8. The van der Waals surface area contributed by atoms with Gasteiger partial charge in [0.2, 0.25) is 0 Å². The average molecular weight is 455 g/mol. The molecule has 4 rings (SSSR count). The summed E-state index contributed by atoms with van der Waals surface area (Å²) < 4.78 is 13.6. The first kappa shape index (κ1) is 22.2. The molecule has 0 saturated carbocycles. The van der Waals surface area contributed by atoms with E-state index < -0.39 is 11.2 Å². The Kier molecular flexibility index (Phi) is 5.45. The van der Waals surface area contributed by atoms with Crippen LogP contribution in [0.15, 0.2) is 53.5 Å². The summed E-state index contributed by atoms with van der Waals surface area (Å²) in [5.41, 5.74) is 0.339. The van der Waals surface area contributed by atoms with E-state index in [4.69, 9.17) is 21.1 Å². The number of pyridine rings is 1. The third kappa shape index (κ3) is 4.07. The standard InChI is InChI=1S/C25H27ClN2O4/c1-16-20(7-6-8-21(16)26)25(14-28(15-25)23(30)32-24(2,3)4)31-18-10-9-17-11-12-27(5)22(29)19(17)13-18/h6-13H,14-15H2,1-5H3. The third-order valence-electron chi connectivity index (χ3n) is 5.67. The Balaban J connectivity index is 1.71. The molecule has 1 aliphatic heterocycles. The van der Waals surface area contributed by atoms with E-state index in [2.05, 4.69) is 0 Å². The van der Waals surface area contributed by atoms with Crippen LogP contribution in [0.4, 0.5) is 4.79 Å². The molecule has 6 nitrogen and oxygen atoms in total. The van der Waals surface area contributed by atoms with E-state index in [1.807, 2.05) is 64.1 Å². The smallest absolute Gasteiger partial charge is 0.410 e.